The molecule has 1 fully saturated rings. The number of β-amino-alcohol motifs (C(OH)–C–C–N with tert-alkyl or cyclic N) is 1. The third-order valence-electron chi connectivity index (χ3n) is 3.96. The first-order chi connectivity index (χ1) is 8.28. The molecule has 18 heavy (non-hydrogen) atoms. The van der Waals surface area contributed by atoms with E-state index >= 15 is 0 Å². The van der Waals surface area contributed by atoms with Crippen molar-refractivity contribution in [2.45, 2.75) is 46.1 Å². The van der Waals surface area contributed by atoms with Crippen LogP contribution in [0.4, 0.5) is 0 Å². The van der Waals surface area contributed by atoms with Crippen LogP contribution in [0.25, 0.3) is 0 Å². The molecule has 0 saturated carbocycles. The van der Waals surface area contributed by atoms with Crippen LogP contribution in [-0.4, -0.2) is 41.1 Å². The molecule has 3 N–H and O–H groups in total. The smallest absolute Gasteiger partial charge is 0.223 e. The Balaban J connectivity index is 2.39. The number of carbonyl (C=O) groups excluding carboxylic acids is 1. The summed E-state index contributed by atoms with van der Waals surface area (Å²) in [5, 5.41) is 10.1. The SMILES string of the molecule is CC(C)CC(CN)CC(=O)N1CC(O)(C(C)C)C1. The Labute approximate surface area is 111 Å². The van der Waals surface area contributed by atoms with Crippen LogP contribution in [0.1, 0.15) is 40.5 Å². The van der Waals surface area contributed by atoms with Crippen LogP contribution < -0.4 is 5.73 Å². The molecular weight excluding hydrogens is 228 g/mol. The Bertz CT molecular complexity index is 284. The molecule has 0 aliphatic carbocycles. The summed E-state index contributed by atoms with van der Waals surface area (Å²) in [4.78, 5) is 13.8. The van der Waals surface area contributed by atoms with Crippen LogP contribution in [0.15, 0.2) is 0 Å². The van der Waals surface area contributed by atoms with Crippen LogP contribution in [-0.2, 0) is 4.79 Å². The van der Waals surface area contributed by atoms with Crippen LogP contribution in [0, 0.1) is 17.8 Å². The van der Waals surface area contributed by atoms with Gasteiger partial charge in [-0.2, -0.15) is 0 Å². The van der Waals surface area contributed by atoms with Gasteiger partial charge in [0, 0.05) is 6.42 Å². The fourth-order valence-corrected chi connectivity index (χ4v) is 2.46. The van der Waals surface area contributed by atoms with Gasteiger partial charge in [0.2, 0.25) is 5.91 Å². The maximum absolute atomic E-state index is 12.0. The second-order valence-corrected chi connectivity index (χ2v) is 6.44. The number of nitrogens with zero attached hydrogens (tertiary/aromatic N) is 1. The fraction of sp³-hybridized carbons (Fsp3) is 0.929. The molecule has 1 saturated heterocycles. The van der Waals surface area contributed by atoms with E-state index in [1.165, 1.54) is 0 Å². The minimum absolute atomic E-state index is 0.136. The van der Waals surface area contributed by atoms with E-state index in [4.69, 9.17) is 5.73 Å². The number of rotatable bonds is 6. The molecule has 0 bridgehead atoms. The number of hydrogen-bond acceptors (Lipinski definition) is 3. The number of carbonyl (C=O) groups is 1. The zero-order valence-corrected chi connectivity index (χ0v) is 12.1. The number of amides is 1. The van der Waals surface area contributed by atoms with Gasteiger partial charge in [-0.15, -0.1) is 0 Å². The lowest BCUT2D eigenvalue weighted by molar-refractivity contribution is -0.164. The summed E-state index contributed by atoms with van der Waals surface area (Å²) < 4.78 is 0. The predicted molar refractivity (Wildman–Crippen MR) is 73.0 cm³/mol. The van der Waals surface area contributed by atoms with E-state index in [9.17, 15) is 9.90 Å². The number of aliphatic hydroxyl groups is 1. The fourth-order valence-electron chi connectivity index (χ4n) is 2.46. The van der Waals surface area contributed by atoms with Crippen molar-refractivity contribution < 1.29 is 9.90 Å². The highest BCUT2D eigenvalue weighted by Gasteiger charge is 2.45. The van der Waals surface area contributed by atoms with Gasteiger partial charge in [-0.05, 0) is 30.7 Å². The molecule has 1 aliphatic rings. The number of hydrogen-bond donors (Lipinski definition) is 2. The van der Waals surface area contributed by atoms with Crippen LogP contribution in [0.5, 0.6) is 0 Å². The molecule has 1 amide bonds. The van der Waals surface area contributed by atoms with Crippen molar-refractivity contribution in [3.63, 3.8) is 0 Å². The Kier molecular flexibility index (Phi) is 5.17. The van der Waals surface area contributed by atoms with E-state index in [-0.39, 0.29) is 17.7 Å². The molecule has 1 atom stereocenters. The summed E-state index contributed by atoms with van der Waals surface area (Å²) in [6.07, 6.45) is 1.51. The number of nitrogens with two attached hydrogens (primary N) is 1. The lowest BCUT2D eigenvalue weighted by Crippen LogP contribution is -2.66. The van der Waals surface area contributed by atoms with E-state index in [0.29, 0.717) is 32.0 Å². The molecule has 0 radical (unpaired) electrons. The highest BCUT2D eigenvalue weighted by molar-refractivity contribution is 5.77. The predicted octanol–water partition coefficient (Wildman–Crippen LogP) is 1.23. The first-order valence-electron chi connectivity index (χ1n) is 6.98. The van der Waals surface area contributed by atoms with Crippen molar-refractivity contribution in [1.82, 2.24) is 4.90 Å². The van der Waals surface area contributed by atoms with Gasteiger partial charge >= 0.3 is 0 Å². The highest BCUT2D eigenvalue weighted by atomic mass is 16.3. The Morgan fingerprint density at radius 1 is 1.33 bits per heavy atom. The maximum Gasteiger partial charge on any atom is 0.223 e. The monoisotopic (exact) mass is 256 g/mol. The van der Waals surface area contributed by atoms with Crippen molar-refractivity contribution in [2.24, 2.45) is 23.5 Å². The highest BCUT2D eigenvalue weighted by Crippen LogP contribution is 2.29. The molecule has 0 spiro atoms. The van der Waals surface area contributed by atoms with Crippen molar-refractivity contribution in [3.8, 4) is 0 Å². The topological polar surface area (TPSA) is 66.6 Å². The Morgan fingerprint density at radius 3 is 2.28 bits per heavy atom. The summed E-state index contributed by atoms with van der Waals surface area (Å²) in [6.45, 7) is 9.78. The molecular formula is C14H28N2O2. The second-order valence-electron chi connectivity index (χ2n) is 6.44. The molecule has 4 nitrogen and oxygen atoms in total. The van der Waals surface area contributed by atoms with Crippen molar-refractivity contribution in [3.05, 3.63) is 0 Å². The molecule has 106 valence electrons. The minimum atomic E-state index is -0.675. The Morgan fingerprint density at radius 2 is 1.89 bits per heavy atom. The zero-order valence-electron chi connectivity index (χ0n) is 12.1. The third kappa shape index (κ3) is 3.69. The lowest BCUT2D eigenvalue weighted by atomic mass is 9.82. The van der Waals surface area contributed by atoms with Gasteiger partial charge in [0.05, 0.1) is 13.1 Å². The van der Waals surface area contributed by atoms with Gasteiger partial charge in [0.1, 0.15) is 5.60 Å². The Hall–Kier alpha value is -0.610. The molecule has 1 unspecified atom stereocenters. The zero-order chi connectivity index (χ0) is 13.9. The standard InChI is InChI=1S/C14H28N2O2/c1-10(2)5-12(7-15)6-13(17)16-8-14(18,9-16)11(3)4/h10-12,18H,5-9,15H2,1-4H3. The summed E-state index contributed by atoms with van der Waals surface area (Å²) in [5.41, 5.74) is 5.04. The molecule has 0 aromatic rings. The average Bonchev–Trinajstić information content (AvgIpc) is 2.22. The van der Waals surface area contributed by atoms with Gasteiger partial charge < -0.3 is 15.7 Å². The summed E-state index contributed by atoms with van der Waals surface area (Å²) in [5.74, 6) is 1.17. The maximum atomic E-state index is 12.0. The lowest BCUT2D eigenvalue weighted by Gasteiger charge is -2.49. The first-order valence-corrected chi connectivity index (χ1v) is 6.98. The third-order valence-corrected chi connectivity index (χ3v) is 3.96. The van der Waals surface area contributed by atoms with Gasteiger partial charge in [-0.25, -0.2) is 0 Å². The van der Waals surface area contributed by atoms with Gasteiger partial charge in [-0.3, -0.25) is 4.79 Å². The van der Waals surface area contributed by atoms with Crippen LogP contribution >= 0.6 is 0 Å². The van der Waals surface area contributed by atoms with E-state index in [1.54, 1.807) is 4.90 Å². The van der Waals surface area contributed by atoms with Gasteiger partial charge in [-0.1, -0.05) is 27.7 Å². The molecule has 0 aromatic heterocycles. The largest absolute Gasteiger partial charge is 0.386 e. The van der Waals surface area contributed by atoms with E-state index in [0.717, 1.165) is 6.42 Å². The van der Waals surface area contributed by atoms with E-state index in [2.05, 4.69) is 13.8 Å². The van der Waals surface area contributed by atoms with Crippen molar-refractivity contribution in [2.75, 3.05) is 19.6 Å². The summed E-state index contributed by atoms with van der Waals surface area (Å²) in [7, 11) is 0. The first kappa shape index (κ1) is 15.4. The second kappa shape index (κ2) is 6.02. The van der Waals surface area contributed by atoms with Crippen molar-refractivity contribution >= 4 is 5.91 Å². The van der Waals surface area contributed by atoms with Crippen molar-refractivity contribution in [1.29, 1.82) is 0 Å². The summed E-state index contributed by atoms with van der Waals surface area (Å²) >= 11 is 0. The quantitative estimate of drug-likeness (QED) is 0.751. The number of likely N-dealkylation sites (tertiary alicyclic amines) is 1. The normalized spacial score (nSPS) is 20.1. The minimum Gasteiger partial charge on any atom is -0.386 e. The van der Waals surface area contributed by atoms with Gasteiger partial charge in [0.25, 0.3) is 0 Å². The molecule has 4 heteroatoms. The van der Waals surface area contributed by atoms with Gasteiger partial charge in [0.15, 0.2) is 0 Å². The average molecular weight is 256 g/mol. The van der Waals surface area contributed by atoms with E-state index < -0.39 is 5.60 Å². The molecule has 1 aliphatic heterocycles. The summed E-state index contributed by atoms with van der Waals surface area (Å²) in [6, 6.07) is 0. The molecule has 1 heterocycles. The molecule has 0 aromatic carbocycles. The van der Waals surface area contributed by atoms with Crippen LogP contribution in [0.2, 0.25) is 0 Å². The van der Waals surface area contributed by atoms with Crippen LogP contribution in [0.3, 0.4) is 0 Å². The van der Waals surface area contributed by atoms with E-state index in [1.807, 2.05) is 13.8 Å². The molecule has 1 rings (SSSR count).